The maximum absolute atomic E-state index is 13.1. The highest BCUT2D eigenvalue weighted by molar-refractivity contribution is 6.33. The summed E-state index contributed by atoms with van der Waals surface area (Å²) in [6, 6.07) is 0.567. The molecule has 0 bridgehead atoms. The molecule has 0 radical (unpaired) electrons. The second kappa shape index (κ2) is 7.62. The second-order valence-corrected chi connectivity index (χ2v) is 6.86. The fourth-order valence-corrected chi connectivity index (χ4v) is 3.63. The maximum Gasteiger partial charge on any atom is 0.417 e. The maximum atomic E-state index is 13.1. The minimum atomic E-state index is -4.72. The number of hydroxylamine groups is 1. The van der Waals surface area contributed by atoms with Crippen molar-refractivity contribution in [3.63, 3.8) is 0 Å². The number of fused-ring (bicyclic) bond motifs is 1. The van der Waals surface area contributed by atoms with E-state index in [0.717, 1.165) is 26.3 Å². The Kier molecular flexibility index (Phi) is 5.58. The molecule has 0 aromatic carbocycles. The molecule has 2 saturated heterocycles. The smallest absolute Gasteiger partial charge is 0.417 e. The van der Waals surface area contributed by atoms with E-state index in [4.69, 9.17) is 16.4 Å². The molecule has 2 fully saturated rings. The second-order valence-electron chi connectivity index (χ2n) is 6.45. The van der Waals surface area contributed by atoms with Crippen LogP contribution in [0.25, 0.3) is 0 Å². The van der Waals surface area contributed by atoms with E-state index in [2.05, 4.69) is 19.9 Å². The molecule has 0 saturated carbocycles. The van der Waals surface area contributed by atoms with Crippen molar-refractivity contribution in [2.24, 2.45) is 5.92 Å². The molecule has 3 heterocycles. The number of amides is 2. The number of ether oxygens (including phenoxy) is 2. The van der Waals surface area contributed by atoms with Crippen LogP contribution in [0.4, 0.5) is 19.0 Å². The van der Waals surface area contributed by atoms with Crippen molar-refractivity contribution in [2.75, 3.05) is 26.3 Å². The van der Waals surface area contributed by atoms with Gasteiger partial charge >= 0.3 is 18.1 Å². The summed E-state index contributed by atoms with van der Waals surface area (Å²) in [5.74, 6) is -6.72. The lowest BCUT2D eigenvalue weighted by molar-refractivity contribution is -0.171. The topological polar surface area (TPSA) is 127 Å². The van der Waals surface area contributed by atoms with Gasteiger partial charge in [-0.05, 0) is 6.07 Å². The van der Waals surface area contributed by atoms with E-state index in [9.17, 15) is 32.3 Å². The van der Waals surface area contributed by atoms with Crippen LogP contribution in [-0.2, 0) is 39.7 Å². The number of imide groups is 1. The Morgan fingerprint density at radius 3 is 2.32 bits per heavy atom. The van der Waals surface area contributed by atoms with E-state index in [1.807, 2.05) is 0 Å². The molecular weight excluding hydrogens is 453 g/mol. The molecule has 0 spiro atoms. The quantitative estimate of drug-likeness (QED) is 0.370. The molecule has 1 aromatic rings. The van der Waals surface area contributed by atoms with Crippen molar-refractivity contribution in [1.29, 1.82) is 0 Å². The summed E-state index contributed by atoms with van der Waals surface area (Å²) < 4.78 is 47.7. The molecule has 31 heavy (non-hydrogen) atoms. The number of esters is 2. The monoisotopic (exact) mass is 466 g/mol. The largest absolute Gasteiger partial charge is 0.467 e. The first-order valence-electron chi connectivity index (χ1n) is 8.35. The SMILES string of the molecule is COC(=O)C1(C(=O)OC)NO[C@H]2C(=O)N(N(C)c3ncc(C(F)(F)F)cc3Cl)C(=O)[C@@H]21. The van der Waals surface area contributed by atoms with Crippen LogP contribution in [0, 0.1) is 5.92 Å². The molecule has 3 rings (SSSR count). The third-order valence-electron chi connectivity index (χ3n) is 4.81. The molecule has 11 nitrogen and oxygen atoms in total. The van der Waals surface area contributed by atoms with Crippen LogP contribution in [0.15, 0.2) is 12.3 Å². The highest BCUT2D eigenvalue weighted by Crippen LogP contribution is 2.41. The fraction of sp³-hybridized carbons (Fsp3) is 0.438. The minimum Gasteiger partial charge on any atom is -0.467 e. The lowest BCUT2D eigenvalue weighted by Crippen LogP contribution is -2.62. The first-order valence-corrected chi connectivity index (χ1v) is 8.73. The number of hydrazine groups is 1. The fourth-order valence-electron chi connectivity index (χ4n) is 3.34. The molecule has 1 aromatic heterocycles. The van der Waals surface area contributed by atoms with Crippen LogP contribution in [0.1, 0.15) is 5.56 Å². The van der Waals surface area contributed by atoms with Crippen molar-refractivity contribution < 1.29 is 46.7 Å². The number of nitrogens with zero attached hydrogens (tertiary/aromatic N) is 3. The summed E-state index contributed by atoms with van der Waals surface area (Å²) in [5.41, 5.74) is -1.56. The van der Waals surface area contributed by atoms with Gasteiger partial charge in [0.15, 0.2) is 11.9 Å². The average Bonchev–Trinajstić information content (AvgIpc) is 3.23. The lowest BCUT2D eigenvalue weighted by atomic mass is 9.83. The summed E-state index contributed by atoms with van der Waals surface area (Å²) in [7, 11) is 3.02. The Balaban J connectivity index is 2.01. The van der Waals surface area contributed by atoms with E-state index in [0.29, 0.717) is 17.3 Å². The number of methoxy groups -OCH3 is 2. The van der Waals surface area contributed by atoms with Gasteiger partial charge in [-0.15, -0.1) is 0 Å². The standard InChI is InChI=1S/C16H14ClF3N4O7/c1-23(10-7(17)4-6(5-21-10)16(18,19)20)24-11(25)8-9(12(24)26)31-22-15(8,13(27)29-2)14(28)30-3/h4-5,8-9,22H,1-3H3/t8-,9-/m1/s1. The minimum absolute atomic E-state index is 0.369. The third kappa shape index (κ3) is 3.26. The zero-order valence-corrected chi connectivity index (χ0v) is 16.8. The zero-order valence-electron chi connectivity index (χ0n) is 16.0. The van der Waals surface area contributed by atoms with E-state index in [1.165, 1.54) is 0 Å². The molecule has 2 aliphatic heterocycles. The van der Waals surface area contributed by atoms with Crippen LogP contribution in [0.2, 0.25) is 5.02 Å². The number of aromatic nitrogens is 1. The van der Waals surface area contributed by atoms with Crippen LogP contribution in [0.5, 0.6) is 0 Å². The van der Waals surface area contributed by atoms with Gasteiger partial charge in [-0.1, -0.05) is 11.6 Å². The van der Waals surface area contributed by atoms with Gasteiger partial charge in [0.1, 0.15) is 5.92 Å². The van der Waals surface area contributed by atoms with Crippen molar-refractivity contribution >= 4 is 41.2 Å². The molecule has 0 unspecified atom stereocenters. The van der Waals surface area contributed by atoms with Crippen molar-refractivity contribution in [3.8, 4) is 0 Å². The van der Waals surface area contributed by atoms with Crippen LogP contribution in [0.3, 0.4) is 0 Å². The Bertz CT molecular complexity index is 957. The van der Waals surface area contributed by atoms with Gasteiger partial charge in [0.05, 0.1) is 24.8 Å². The van der Waals surface area contributed by atoms with Gasteiger partial charge in [-0.25, -0.2) is 14.6 Å². The number of halogens is 4. The average molecular weight is 467 g/mol. The van der Waals surface area contributed by atoms with E-state index in [-0.39, 0.29) is 5.82 Å². The van der Waals surface area contributed by atoms with Crippen molar-refractivity contribution in [2.45, 2.75) is 17.8 Å². The number of carbonyl (C=O) groups is 4. The first-order chi connectivity index (χ1) is 14.4. The Hall–Kier alpha value is -2.97. The molecule has 1 N–H and O–H groups in total. The van der Waals surface area contributed by atoms with E-state index in [1.54, 1.807) is 0 Å². The van der Waals surface area contributed by atoms with Crippen molar-refractivity contribution in [1.82, 2.24) is 15.5 Å². The van der Waals surface area contributed by atoms with Gasteiger partial charge in [0, 0.05) is 13.2 Å². The summed E-state index contributed by atoms with van der Waals surface area (Å²) in [4.78, 5) is 59.2. The van der Waals surface area contributed by atoms with Crippen LogP contribution < -0.4 is 10.5 Å². The number of alkyl halides is 3. The number of hydrogen-bond acceptors (Lipinski definition) is 10. The molecule has 2 atom stereocenters. The molecule has 168 valence electrons. The third-order valence-corrected chi connectivity index (χ3v) is 5.09. The number of carbonyl (C=O) groups excluding carboxylic acids is 4. The predicted octanol–water partition coefficient (Wildman–Crippen LogP) is 0.0782. The highest BCUT2D eigenvalue weighted by Gasteiger charge is 2.72. The Labute approximate surface area is 176 Å². The van der Waals surface area contributed by atoms with Gasteiger partial charge in [-0.3, -0.25) is 19.4 Å². The first kappa shape index (κ1) is 22.7. The van der Waals surface area contributed by atoms with Gasteiger partial charge < -0.3 is 9.47 Å². The van der Waals surface area contributed by atoms with E-state index >= 15 is 0 Å². The van der Waals surface area contributed by atoms with Crippen LogP contribution >= 0.6 is 11.6 Å². The lowest BCUT2D eigenvalue weighted by Gasteiger charge is -2.31. The zero-order chi connectivity index (χ0) is 23.3. The molecule has 0 aliphatic carbocycles. The summed E-state index contributed by atoms with van der Waals surface area (Å²) >= 11 is 5.88. The number of pyridine rings is 1. The normalized spacial score (nSPS) is 22.4. The molecular formula is C16H14ClF3N4O7. The number of hydrogen-bond donors (Lipinski definition) is 1. The van der Waals surface area contributed by atoms with Gasteiger partial charge in [0.25, 0.3) is 17.4 Å². The Morgan fingerprint density at radius 2 is 1.84 bits per heavy atom. The number of nitrogens with one attached hydrogen (secondary N) is 1. The number of anilines is 1. The Morgan fingerprint density at radius 1 is 1.26 bits per heavy atom. The number of rotatable bonds is 4. The molecule has 2 aliphatic rings. The summed E-state index contributed by atoms with van der Waals surface area (Å²) in [5, 5.41) is 0.730. The van der Waals surface area contributed by atoms with Crippen LogP contribution in [-0.4, -0.2) is 66.7 Å². The van der Waals surface area contributed by atoms with Crippen molar-refractivity contribution in [3.05, 3.63) is 22.8 Å². The van der Waals surface area contributed by atoms with E-state index < -0.39 is 58.1 Å². The molecule has 2 amide bonds. The molecule has 15 heteroatoms. The van der Waals surface area contributed by atoms with Gasteiger partial charge in [0.2, 0.25) is 0 Å². The summed E-state index contributed by atoms with van der Waals surface area (Å²) in [6.45, 7) is 0. The van der Waals surface area contributed by atoms with Gasteiger partial charge in [-0.2, -0.15) is 23.7 Å². The highest BCUT2D eigenvalue weighted by atomic mass is 35.5. The summed E-state index contributed by atoms with van der Waals surface area (Å²) in [6.07, 6.45) is -5.89. The predicted molar refractivity (Wildman–Crippen MR) is 92.8 cm³/mol.